The minimum Gasteiger partial charge on any atom is -0.356 e. The Balaban J connectivity index is 2.30. The fourth-order valence-electron chi connectivity index (χ4n) is 2.03. The largest absolute Gasteiger partial charge is 0.356 e. The van der Waals surface area contributed by atoms with E-state index in [9.17, 15) is 9.59 Å². The van der Waals surface area contributed by atoms with Gasteiger partial charge in [-0.05, 0) is 39.5 Å². The molecular weight excluding hydrogens is 230 g/mol. The Morgan fingerprint density at radius 3 is 2.22 bits per heavy atom. The summed E-state index contributed by atoms with van der Waals surface area (Å²) in [6.45, 7) is 9.74. The summed E-state index contributed by atoms with van der Waals surface area (Å²) < 4.78 is 0. The van der Waals surface area contributed by atoms with Crippen LogP contribution in [0.2, 0.25) is 0 Å². The van der Waals surface area contributed by atoms with Crippen molar-refractivity contribution >= 4 is 11.9 Å². The maximum Gasteiger partial charge on any atom is 0.317 e. The molecule has 0 aromatic heterocycles. The molecule has 5 heteroatoms. The number of urea groups is 1. The molecule has 104 valence electrons. The summed E-state index contributed by atoms with van der Waals surface area (Å²) in [5.41, 5.74) is -0.190. The normalized spacial score (nSPS) is 17.4. The summed E-state index contributed by atoms with van der Waals surface area (Å²) in [6, 6.07) is 0.0143. The van der Waals surface area contributed by atoms with Gasteiger partial charge in [-0.25, -0.2) is 4.79 Å². The van der Waals surface area contributed by atoms with Gasteiger partial charge in [0.25, 0.3) is 0 Å². The number of nitrogens with one attached hydrogen (secondary N) is 2. The predicted octanol–water partition coefficient (Wildman–Crippen LogP) is 1.34. The van der Waals surface area contributed by atoms with Crippen LogP contribution in [0.25, 0.3) is 0 Å². The maximum atomic E-state index is 11.9. The molecule has 1 heterocycles. The van der Waals surface area contributed by atoms with Crippen molar-refractivity contribution in [1.82, 2.24) is 15.5 Å². The molecule has 1 aliphatic heterocycles. The number of amides is 3. The van der Waals surface area contributed by atoms with E-state index >= 15 is 0 Å². The molecule has 5 nitrogen and oxygen atoms in total. The third-order valence-electron chi connectivity index (χ3n) is 3.02. The zero-order chi connectivity index (χ0) is 13.8. The summed E-state index contributed by atoms with van der Waals surface area (Å²) in [4.78, 5) is 24.6. The number of nitrogens with zero attached hydrogens (tertiary/aromatic N) is 1. The average Bonchev–Trinajstić information content (AvgIpc) is 2.24. The van der Waals surface area contributed by atoms with Crippen LogP contribution >= 0.6 is 0 Å². The van der Waals surface area contributed by atoms with Crippen molar-refractivity contribution in [3.63, 3.8) is 0 Å². The highest BCUT2D eigenvalue weighted by atomic mass is 16.2. The minimum absolute atomic E-state index is 0.0143. The van der Waals surface area contributed by atoms with E-state index in [1.165, 1.54) is 6.92 Å². The Morgan fingerprint density at radius 2 is 1.78 bits per heavy atom. The molecule has 0 atom stereocenters. The molecule has 0 aromatic carbocycles. The van der Waals surface area contributed by atoms with E-state index in [1.54, 1.807) is 0 Å². The fourth-order valence-corrected chi connectivity index (χ4v) is 2.03. The highest BCUT2D eigenvalue weighted by Crippen LogP contribution is 2.16. The van der Waals surface area contributed by atoms with Crippen molar-refractivity contribution in [3.8, 4) is 0 Å². The van der Waals surface area contributed by atoms with Crippen LogP contribution in [0.1, 0.15) is 40.5 Å². The first kappa shape index (κ1) is 14.8. The van der Waals surface area contributed by atoms with Gasteiger partial charge in [-0.2, -0.15) is 0 Å². The molecular formula is C13H25N3O2. The lowest BCUT2D eigenvalue weighted by Crippen LogP contribution is -2.51. The molecule has 0 spiro atoms. The van der Waals surface area contributed by atoms with Gasteiger partial charge in [-0.1, -0.05) is 0 Å². The van der Waals surface area contributed by atoms with Crippen molar-refractivity contribution < 1.29 is 9.59 Å². The van der Waals surface area contributed by atoms with E-state index in [4.69, 9.17) is 0 Å². The van der Waals surface area contributed by atoms with Gasteiger partial charge in [0.05, 0.1) is 0 Å². The summed E-state index contributed by atoms with van der Waals surface area (Å²) in [7, 11) is 0. The number of hydrogen-bond acceptors (Lipinski definition) is 2. The second-order valence-corrected chi connectivity index (χ2v) is 6.05. The molecule has 1 rings (SSSR count). The van der Waals surface area contributed by atoms with Gasteiger partial charge in [-0.3, -0.25) is 4.79 Å². The van der Waals surface area contributed by atoms with E-state index < -0.39 is 0 Å². The van der Waals surface area contributed by atoms with Crippen molar-refractivity contribution in [2.45, 2.75) is 46.1 Å². The topological polar surface area (TPSA) is 61.4 Å². The van der Waals surface area contributed by atoms with Gasteiger partial charge < -0.3 is 15.5 Å². The molecule has 1 saturated heterocycles. The highest BCUT2D eigenvalue weighted by Gasteiger charge is 2.25. The first-order valence-corrected chi connectivity index (χ1v) is 6.59. The molecule has 2 N–H and O–H groups in total. The summed E-state index contributed by atoms with van der Waals surface area (Å²) in [5.74, 6) is 0.510. The SMILES string of the molecule is CC(=O)NCC1CCN(C(=O)NC(C)(C)C)CC1. The van der Waals surface area contributed by atoms with Crippen LogP contribution < -0.4 is 10.6 Å². The Kier molecular flexibility index (Phi) is 4.99. The number of carbonyl (C=O) groups is 2. The van der Waals surface area contributed by atoms with Gasteiger partial charge in [0.15, 0.2) is 0 Å². The lowest BCUT2D eigenvalue weighted by Gasteiger charge is -2.34. The number of piperidine rings is 1. The zero-order valence-corrected chi connectivity index (χ0v) is 11.9. The summed E-state index contributed by atoms with van der Waals surface area (Å²) in [5, 5.41) is 5.81. The van der Waals surface area contributed by atoms with E-state index in [0.29, 0.717) is 5.92 Å². The van der Waals surface area contributed by atoms with E-state index in [-0.39, 0.29) is 17.5 Å². The first-order chi connectivity index (χ1) is 8.28. The molecule has 18 heavy (non-hydrogen) atoms. The van der Waals surface area contributed by atoms with E-state index in [2.05, 4.69) is 10.6 Å². The summed E-state index contributed by atoms with van der Waals surface area (Å²) in [6.07, 6.45) is 1.91. The average molecular weight is 255 g/mol. The maximum absolute atomic E-state index is 11.9. The van der Waals surface area contributed by atoms with Crippen LogP contribution in [0.15, 0.2) is 0 Å². The Morgan fingerprint density at radius 1 is 1.22 bits per heavy atom. The zero-order valence-electron chi connectivity index (χ0n) is 11.9. The molecule has 0 bridgehead atoms. The number of hydrogen-bond donors (Lipinski definition) is 2. The third-order valence-corrected chi connectivity index (χ3v) is 3.02. The second kappa shape index (κ2) is 6.07. The van der Waals surface area contributed by atoms with Crippen LogP contribution in [0.3, 0.4) is 0 Å². The first-order valence-electron chi connectivity index (χ1n) is 6.59. The van der Waals surface area contributed by atoms with Crippen molar-refractivity contribution in [2.24, 2.45) is 5.92 Å². The molecule has 0 unspecified atom stereocenters. The fraction of sp³-hybridized carbons (Fsp3) is 0.846. The number of carbonyl (C=O) groups excluding carboxylic acids is 2. The molecule has 0 saturated carbocycles. The van der Waals surface area contributed by atoms with Crippen LogP contribution in [-0.4, -0.2) is 42.0 Å². The van der Waals surface area contributed by atoms with Crippen LogP contribution in [-0.2, 0) is 4.79 Å². The molecule has 1 aliphatic rings. The molecule has 0 aliphatic carbocycles. The van der Waals surface area contributed by atoms with Gasteiger partial charge in [0, 0.05) is 32.1 Å². The van der Waals surface area contributed by atoms with Crippen LogP contribution in [0.5, 0.6) is 0 Å². The van der Waals surface area contributed by atoms with Gasteiger partial charge >= 0.3 is 6.03 Å². The lowest BCUT2D eigenvalue weighted by atomic mass is 9.97. The van der Waals surface area contributed by atoms with Gasteiger partial charge in [-0.15, -0.1) is 0 Å². The van der Waals surface area contributed by atoms with Crippen LogP contribution in [0, 0.1) is 5.92 Å². The van der Waals surface area contributed by atoms with E-state index in [0.717, 1.165) is 32.5 Å². The highest BCUT2D eigenvalue weighted by molar-refractivity contribution is 5.75. The third kappa shape index (κ3) is 5.38. The number of likely N-dealkylation sites (tertiary alicyclic amines) is 1. The molecule has 1 fully saturated rings. The Labute approximate surface area is 109 Å². The Bertz CT molecular complexity index is 302. The lowest BCUT2D eigenvalue weighted by molar-refractivity contribution is -0.119. The predicted molar refractivity (Wildman–Crippen MR) is 71.3 cm³/mol. The van der Waals surface area contributed by atoms with Gasteiger partial charge in [0.1, 0.15) is 0 Å². The van der Waals surface area contributed by atoms with Gasteiger partial charge in [0.2, 0.25) is 5.91 Å². The van der Waals surface area contributed by atoms with Crippen molar-refractivity contribution in [2.75, 3.05) is 19.6 Å². The molecule has 0 radical (unpaired) electrons. The smallest absolute Gasteiger partial charge is 0.317 e. The quantitative estimate of drug-likeness (QED) is 0.782. The summed E-state index contributed by atoms with van der Waals surface area (Å²) >= 11 is 0. The molecule has 0 aromatic rings. The van der Waals surface area contributed by atoms with Crippen LogP contribution in [0.4, 0.5) is 4.79 Å². The monoisotopic (exact) mass is 255 g/mol. The Hall–Kier alpha value is -1.26. The minimum atomic E-state index is -0.190. The van der Waals surface area contributed by atoms with Crippen molar-refractivity contribution in [3.05, 3.63) is 0 Å². The second-order valence-electron chi connectivity index (χ2n) is 6.05. The molecule has 3 amide bonds. The van der Waals surface area contributed by atoms with E-state index in [1.807, 2.05) is 25.7 Å². The standard InChI is InChI=1S/C13H25N3O2/c1-10(17)14-9-11-5-7-16(8-6-11)12(18)15-13(2,3)4/h11H,5-9H2,1-4H3,(H,14,17)(H,15,18). The van der Waals surface area contributed by atoms with Crippen molar-refractivity contribution in [1.29, 1.82) is 0 Å². The number of rotatable bonds is 2.